The van der Waals surface area contributed by atoms with E-state index >= 15 is 0 Å². The summed E-state index contributed by atoms with van der Waals surface area (Å²) in [7, 11) is -5.88. The molecule has 1 heterocycles. The zero-order valence-electron chi connectivity index (χ0n) is 11.7. The van der Waals surface area contributed by atoms with Gasteiger partial charge in [0.15, 0.2) is 0 Å². The van der Waals surface area contributed by atoms with Crippen molar-refractivity contribution in [2.45, 2.75) is 28.7 Å². The van der Waals surface area contributed by atoms with E-state index in [-0.39, 0.29) is 15.8 Å². The Morgan fingerprint density at radius 1 is 0.952 bits per heavy atom. The second-order valence-electron chi connectivity index (χ2n) is 4.82. The van der Waals surface area contributed by atoms with Crippen molar-refractivity contribution in [1.82, 2.24) is 14.8 Å². The van der Waals surface area contributed by atoms with Crippen LogP contribution in [0.1, 0.15) is 12.8 Å². The number of piperidine rings is 1. The molecule has 1 saturated heterocycles. The Labute approximate surface area is 125 Å². The number of nitrogens with one attached hydrogen (secondary N) is 3. The molecule has 7 nitrogen and oxygen atoms in total. The highest BCUT2D eigenvalue weighted by Gasteiger charge is 2.22. The number of rotatable bonds is 5. The average Bonchev–Trinajstić information content (AvgIpc) is 2.48. The first kappa shape index (κ1) is 16.4. The molecule has 1 aromatic rings. The molecule has 1 aliphatic rings. The maximum absolute atomic E-state index is 12.2. The van der Waals surface area contributed by atoms with Gasteiger partial charge in [-0.1, -0.05) is 0 Å². The maximum Gasteiger partial charge on any atom is 0.240 e. The Hall–Kier alpha value is -1.00. The number of sulfonamides is 2. The minimum absolute atomic E-state index is 0.0332. The van der Waals surface area contributed by atoms with E-state index in [0.29, 0.717) is 0 Å². The minimum atomic E-state index is -3.62. The molecule has 0 unspecified atom stereocenters. The van der Waals surface area contributed by atoms with Crippen LogP contribution in [0.2, 0.25) is 0 Å². The highest BCUT2D eigenvalue weighted by Crippen LogP contribution is 2.15. The van der Waals surface area contributed by atoms with E-state index in [0.717, 1.165) is 25.9 Å². The lowest BCUT2D eigenvalue weighted by molar-refractivity contribution is 0.427. The molecule has 21 heavy (non-hydrogen) atoms. The Bertz CT molecular complexity index is 678. The van der Waals surface area contributed by atoms with Crippen molar-refractivity contribution in [3.8, 4) is 0 Å². The average molecular weight is 333 g/mol. The van der Waals surface area contributed by atoms with Crippen LogP contribution in [0.4, 0.5) is 0 Å². The molecule has 0 aliphatic carbocycles. The molecule has 0 aromatic heterocycles. The van der Waals surface area contributed by atoms with E-state index in [2.05, 4.69) is 14.8 Å². The lowest BCUT2D eigenvalue weighted by atomic mass is 10.1. The Morgan fingerprint density at radius 3 is 1.90 bits per heavy atom. The molecule has 118 valence electrons. The number of hydrogen-bond donors (Lipinski definition) is 3. The maximum atomic E-state index is 12.2. The van der Waals surface area contributed by atoms with E-state index in [1.165, 1.54) is 31.3 Å². The van der Waals surface area contributed by atoms with Crippen LogP contribution in [0.5, 0.6) is 0 Å². The molecule has 3 N–H and O–H groups in total. The second-order valence-corrected chi connectivity index (χ2v) is 8.43. The summed E-state index contributed by atoms with van der Waals surface area (Å²) in [6.45, 7) is 1.57. The van der Waals surface area contributed by atoms with E-state index in [1.807, 2.05) is 0 Å². The van der Waals surface area contributed by atoms with Gasteiger partial charge in [-0.15, -0.1) is 0 Å². The molecule has 0 radical (unpaired) electrons. The van der Waals surface area contributed by atoms with Crippen molar-refractivity contribution >= 4 is 20.0 Å². The SMILES string of the molecule is CNS(=O)(=O)c1ccc(S(=O)(=O)NC2CCNCC2)cc1. The molecular weight excluding hydrogens is 314 g/mol. The van der Waals surface area contributed by atoms with Crippen LogP contribution in [0.3, 0.4) is 0 Å². The molecule has 0 spiro atoms. The van der Waals surface area contributed by atoms with Gasteiger partial charge in [-0.2, -0.15) is 0 Å². The Morgan fingerprint density at radius 2 is 1.43 bits per heavy atom. The fourth-order valence-electron chi connectivity index (χ4n) is 2.14. The van der Waals surface area contributed by atoms with E-state index in [1.54, 1.807) is 0 Å². The highest BCUT2D eigenvalue weighted by molar-refractivity contribution is 7.90. The molecule has 1 aliphatic heterocycles. The van der Waals surface area contributed by atoms with Crippen molar-refractivity contribution in [2.75, 3.05) is 20.1 Å². The summed E-state index contributed by atoms with van der Waals surface area (Å²) in [4.78, 5) is 0.0990. The van der Waals surface area contributed by atoms with Crippen LogP contribution >= 0.6 is 0 Å². The largest absolute Gasteiger partial charge is 0.317 e. The van der Waals surface area contributed by atoms with E-state index in [4.69, 9.17) is 0 Å². The first-order chi connectivity index (χ1) is 9.85. The van der Waals surface area contributed by atoms with Crippen molar-refractivity contribution in [3.05, 3.63) is 24.3 Å². The number of hydrogen-bond acceptors (Lipinski definition) is 5. The summed E-state index contributed by atoms with van der Waals surface area (Å²) < 4.78 is 52.5. The molecule has 1 fully saturated rings. The van der Waals surface area contributed by atoms with Crippen molar-refractivity contribution in [2.24, 2.45) is 0 Å². The second kappa shape index (κ2) is 6.41. The Balaban J connectivity index is 2.17. The lowest BCUT2D eigenvalue weighted by Gasteiger charge is -2.23. The standard InChI is InChI=1S/C12H19N3O4S2/c1-13-20(16,17)11-2-4-12(5-3-11)21(18,19)15-10-6-8-14-9-7-10/h2-5,10,13-15H,6-9H2,1H3. The molecule has 2 rings (SSSR count). The van der Waals surface area contributed by atoms with E-state index in [9.17, 15) is 16.8 Å². The quantitative estimate of drug-likeness (QED) is 0.682. The summed E-state index contributed by atoms with van der Waals surface area (Å²) in [5.41, 5.74) is 0. The van der Waals surface area contributed by atoms with Crippen LogP contribution in [0, 0.1) is 0 Å². The van der Waals surface area contributed by atoms with Crippen LogP contribution < -0.4 is 14.8 Å². The summed E-state index contributed by atoms with van der Waals surface area (Å²) in [6, 6.07) is 5.07. The molecule has 0 amide bonds. The van der Waals surface area contributed by atoms with Crippen LogP contribution in [0.15, 0.2) is 34.1 Å². The first-order valence-electron chi connectivity index (χ1n) is 6.62. The van der Waals surface area contributed by atoms with Gasteiger partial charge in [0.05, 0.1) is 9.79 Å². The first-order valence-corrected chi connectivity index (χ1v) is 9.58. The molecular formula is C12H19N3O4S2. The molecule has 1 aromatic carbocycles. The van der Waals surface area contributed by atoms with Gasteiger partial charge in [-0.05, 0) is 57.2 Å². The van der Waals surface area contributed by atoms with E-state index < -0.39 is 20.0 Å². The third-order valence-electron chi connectivity index (χ3n) is 3.37. The zero-order valence-corrected chi connectivity index (χ0v) is 13.3. The van der Waals surface area contributed by atoms with Crippen LogP contribution in [-0.2, 0) is 20.0 Å². The van der Waals surface area contributed by atoms with Crippen LogP contribution in [-0.4, -0.2) is 43.0 Å². The fraction of sp³-hybridized carbons (Fsp3) is 0.500. The topological polar surface area (TPSA) is 104 Å². The monoisotopic (exact) mass is 333 g/mol. The molecule has 0 saturated carbocycles. The van der Waals surface area contributed by atoms with Crippen LogP contribution in [0.25, 0.3) is 0 Å². The van der Waals surface area contributed by atoms with Gasteiger partial charge in [0, 0.05) is 6.04 Å². The fourth-order valence-corrected chi connectivity index (χ4v) is 4.18. The third kappa shape index (κ3) is 4.01. The van der Waals surface area contributed by atoms with Gasteiger partial charge in [0.1, 0.15) is 0 Å². The van der Waals surface area contributed by atoms with Gasteiger partial charge in [-0.25, -0.2) is 26.3 Å². The van der Waals surface area contributed by atoms with Gasteiger partial charge in [-0.3, -0.25) is 0 Å². The van der Waals surface area contributed by atoms with Crippen molar-refractivity contribution in [3.63, 3.8) is 0 Å². The summed E-state index contributed by atoms with van der Waals surface area (Å²) in [5.74, 6) is 0. The molecule has 0 atom stereocenters. The van der Waals surface area contributed by atoms with Gasteiger partial charge >= 0.3 is 0 Å². The summed E-state index contributed by atoms with van der Waals surface area (Å²) in [5, 5.41) is 3.16. The van der Waals surface area contributed by atoms with Crippen molar-refractivity contribution < 1.29 is 16.8 Å². The summed E-state index contributed by atoms with van der Waals surface area (Å²) in [6.07, 6.45) is 1.48. The Kier molecular flexibility index (Phi) is 4.99. The van der Waals surface area contributed by atoms with Crippen molar-refractivity contribution in [1.29, 1.82) is 0 Å². The van der Waals surface area contributed by atoms with Gasteiger partial charge in [0.2, 0.25) is 20.0 Å². The predicted molar refractivity (Wildman–Crippen MR) is 78.9 cm³/mol. The zero-order chi connectivity index (χ0) is 15.5. The minimum Gasteiger partial charge on any atom is -0.317 e. The van der Waals surface area contributed by atoms with Gasteiger partial charge in [0.25, 0.3) is 0 Å². The summed E-state index contributed by atoms with van der Waals surface area (Å²) >= 11 is 0. The molecule has 0 bridgehead atoms. The molecule has 9 heteroatoms. The number of benzene rings is 1. The predicted octanol–water partition coefficient (Wildman–Crippen LogP) is -0.375. The highest BCUT2D eigenvalue weighted by atomic mass is 32.2. The lowest BCUT2D eigenvalue weighted by Crippen LogP contribution is -2.42. The van der Waals surface area contributed by atoms with Gasteiger partial charge < -0.3 is 5.32 Å². The smallest absolute Gasteiger partial charge is 0.240 e. The third-order valence-corrected chi connectivity index (χ3v) is 6.34. The normalized spacial score (nSPS) is 17.8.